The van der Waals surface area contributed by atoms with Crippen molar-refractivity contribution in [2.75, 3.05) is 13.1 Å². The summed E-state index contributed by atoms with van der Waals surface area (Å²) < 4.78 is 0. The van der Waals surface area contributed by atoms with Crippen molar-refractivity contribution in [3.63, 3.8) is 0 Å². The van der Waals surface area contributed by atoms with Crippen LogP contribution in [0.1, 0.15) is 32.4 Å². The second-order valence-corrected chi connectivity index (χ2v) is 5.65. The maximum absolute atomic E-state index is 11.7. The number of hydrogen-bond donors (Lipinski definition) is 1. The van der Waals surface area contributed by atoms with E-state index in [1.165, 1.54) is 0 Å². The van der Waals surface area contributed by atoms with Crippen LogP contribution in [-0.4, -0.2) is 34.9 Å². The van der Waals surface area contributed by atoms with Gasteiger partial charge < -0.3 is 10.2 Å². The fourth-order valence-corrected chi connectivity index (χ4v) is 3.02. The first-order valence-electron chi connectivity index (χ1n) is 6.59. The zero-order chi connectivity index (χ0) is 13.0. The first-order chi connectivity index (χ1) is 8.70. The summed E-state index contributed by atoms with van der Waals surface area (Å²) in [7, 11) is 0. The third-order valence-corrected chi connectivity index (χ3v) is 4.22. The zero-order valence-electron chi connectivity index (χ0n) is 11.1. The lowest BCUT2D eigenvalue weighted by molar-refractivity contribution is -0.132. The predicted molar refractivity (Wildman–Crippen MR) is 73.4 cm³/mol. The molecule has 2 rings (SSSR count). The van der Waals surface area contributed by atoms with Gasteiger partial charge in [-0.2, -0.15) is 0 Å². The van der Waals surface area contributed by atoms with Crippen molar-refractivity contribution >= 4 is 17.2 Å². The molecule has 1 aliphatic heterocycles. The second kappa shape index (κ2) is 6.29. The smallest absolute Gasteiger partial charge is 0.222 e. The molecule has 1 saturated heterocycles. The molecule has 1 aliphatic rings. The molecule has 1 aromatic heterocycles. The second-order valence-electron chi connectivity index (χ2n) is 4.93. The van der Waals surface area contributed by atoms with Gasteiger partial charge >= 0.3 is 0 Å². The predicted octanol–water partition coefficient (Wildman–Crippen LogP) is 1.88. The summed E-state index contributed by atoms with van der Waals surface area (Å²) in [4.78, 5) is 17.9. The zero-order valence-corrected chi connectivity index (χ0v) is 11.9. The van der Waals surface area contributed by atoms with Gasteiger partial charge in [-0.05, 0) is 12.3 Å². The Kier molecular flexibility index (Phi) is 4.72. The third-order valence-electron chi connectivity index (χ3n) is 3.59. The minimum Gasteiger partial charge on any atom is -0.342 e. The van der Waals surface area contributed by atoms with Crippen molar-refractivity contribution in [3.8, 4) is 0 Å². The minimum atomic E-state index is 0.278. The maximum Gasteiger partial charge on any atom is 0.222 e. The molecule has 1 fully saturated rings. The Hall–Kier alpha value is -0.940. The minimum absolute atomic E-state index is 0.278. The number of piperidine rings is 1. The van der Waals surface area contributed by atoms with Gasteiger partial charge in [-0.25, -0.2) is 4.98 Å². The molecule has 1 amide bonds. The summed E-state index contributed by atoms with van der Waals surface area (Å²) in [6.07, 6.45) is 1.65. The van der Waals surface area contributed by atoms with Crippen LogP contribution in [0.25, 0.3) is 0 Å². The van der Waals surface area contributed by atoms with E-state index in [1.807, 2.05) is 17.3 Å². The Morgan fingerprint density at radius 2 is 2.50 bits per heavy atom. The van der Waals surface area contributed by atoms with E-state index in [2.05, 4.69) is 22.6 Å². The molecule has 4 nitrogen and oxygen atoms in total. The highest BCUT2D eigenvalue weighted by molar-refractivity contribution is 7.07. The van der Waals surface area contributed by atoms with Crippen molar-refractivity contribution in [1.29, 1.82) is 0 Å². The highest BCUT2D eigenvalue weighted by atomic mass is 32.1. The lowest BCUT2D eigenvalue weighted by atomic mass is 9.93. The summed E-state index contributed by atoms with van der Waals surface area (Å²) >= 11 is 1.63. The molecular weight excluding hydrogens is 246 g/mol. The molecular formula is C13H21N3OS. The third kappa shape index (κ3) is 3.29. The van der Waals surface area contributed by atoms with E-state index in [-0.39, 0.29) is 5.91 Å². The number of amides is 1. The number of carbonyl (C=O) groups is 1. The van der Waals surface area contributed by atoms with E-state index in [1.54, 1.807) is 11.3 Å². The van der Waals surface area contributed by atoms with Crippen molar-refractivity contribution < 1.29 is 4.79 Å². The van der Waals surface area contributed by atoms with Crippen LogP contribution in [0, 0.1) is 5.92 Å². The molecule has 0 saturated carbocycles. The summed E-state index contributed by atoms with van der Waals surface area (Å²) in [5.41, 5.74) is 2.97. The molecule has 100 valence electrons. The highest BCUT2D eigenvalue weighted by Crippen LogP contribution is 2.18. The number of hydrogen-bond acceptors (Lipinski definition) is 4. The Morgan fingerprint density at radius 1 is 1.67 bits per heavy atom. The molecule has 5 heteroatoms. The van der Waals surface area contributed by atoms with Crippen LogP contribution in [0.15, 0.2) is 10.9 Å². The van der Waals surface area contributed by atoms with Crippen molar-refractivity contribution in [2.24, 2.45) is 5.92 Å². The van der Waals surface area contributed by atoms with E-state index < -0.39 is 0 Å². The van der Waals surface area contributed by atoms with Crippen LogP contribution in [0.3, 0.4) is 0 Å². The molecule has 1 N–H and O–H groups in total. The molecule has 2 atom stereocenters. The molecule has 0 spiro atoms. The molecule has 1 aromatic rings. The van der Waals surface area contributed by atoms with Gasteiger partial charge in [0.05, 0.1) is 11.2 Å². The fourth-order valence-electron chi connectivity index (χ4n) is 2.46. The molecule has 0 unspecified atom stereocenters. The standard InChI is InChI=1S/C13H21N3OS/c1-3-13(17)16-5-4-12(10(2)7-16)14-6-11-8-18-9-15-11/h8-10,12,14H,3-7H2,1-2H3/t10-,12-/m1/s1. The Labute approximate surface area is 112 Å². The van der Waals surface area contributed by atoms with Crippen LogP contribution < -0.4 is 5.32 Å². The summed E-state index contributed by atoms with van der Waals surface area (Å²) in [5.74, 6) is 0.785. The first kappa shape index (κ1) is 13.5. The van der Waals surface area contributed by atoms with Crippen LogP contribution in [-0.2, 0) is 11.3 Å². The van der Waals surface area contributed by atoms with Gasteiger partial charge in [-0.3, -0.25) is 4.79 Å². The van der Waals surface area contributed by atoms with Crippen LogP contribution in [0.5, 0.6) is 0 Å². The number of nitrogens with one attached hydrogen (secondary N) is 1. The number of thiazole rings is 1. The normalized spacial score (nSPS) is 24.2. The average molecular weight is 267 g/mol. The molecule has 0 aromatic carbocycles. The summed E-state index contributed by atoms with van der Waals surface area (Å²) in [6.45, 7) is 6.74. The summed E-state index contributed by atoms with van der Waals surface area (Å²) in [6, 6.07) is 0.493. The van der Waals surface area contributed by atoms with E-state index in [0.29, 0.717) is 18.4 Å². The first-order valence-corrected chi connectivity index (χ1v) is 7.53. The molecule has 0 aliphatic carbocycles. The van der Waals surface area contributed by atoms with Crippen molar-refractivity contribution in [1.82, 2.24) is 15.2 Å². The number of aromatic nitrogens is 1. The van der Waals surface area contributed by atoms with Gasteiger partial charge in [0.15, 0.2) is 0 Å². The lowest BCUT2D eigenvalue weighted by Crippen LogP contribution is -2.49. The van der Waals surface area contributed by atoms with E-state index >= 15 is 0 Å². The SMILES string of the molecule is CCC(=O)N1CC[C@@H](NCc2cscn2)[C@H](C)C1. The number of nitrogens with zero attached hydrogens (tertiary/aromatic N) is 2. The van der Waals surface area contributed by atoms with Crippen molar-refractivity contribution in [2.45, 2.75) is 39.3 Å². The van der Waals surface area contributed by atoms with Gasteiger partial charge in [0.25, 0.3) is 0 Å². The van der Waals surface area contributed by atoms with Crippen LogP contribution in [0.4, 0.5) is 0 Å². The van der Waals surface area contributed by atoms with E-state index in [9.17, 15) is 4.79 Å². The van der Waals surface area contributed by atoms with Crippen LogP contribution >= 0.6 is 11.3 Å². The number of carbonyl (C=O) groups excluding carboxylic acids is 1. The molecule has 0 bridgehead atoms. The van der Waals surface area contributed by atoms with E-state index in [0.717, 1.165) is 31.7 Å². The Morgan fingerprint density at radius 3 is 3.11 bits per heavy atom. The summed E-state index contributed by atoms with van der Waals surface area (Å²) in [5, 5.41) is 5.63. The average Bonchev–Trinajstić information content (AvgIpc) is 2.89. The number of likely N-dealkylation sites (tertiary alicyclic amines) is 1. The Balaban J connectivity index is 1.80. The van der Waals surface area contributed by atoms with Gasteiger partial charge in [0.2, 0.25) is 5.91 Å². The largest absolute Gasteiger partial charge is 0.342 e. The highest BCUT2D eigenvalue weighted by Gasteiger charge is 2.27. The monoisotopic (exact) mass is 267 g/mol. The molecule has 18 heavy (non-hydrogen) atoms. The van der Waals surface area contributed by atoms with Gasteiger partial charge in [0.1, 0.15) is 0 Å². The lowest BCUT2D eigenvalue weighted by Gasteiger charge is -2.37. The van der Waals surface area contributed by atoms with E-state index in [4.69, 9.17) is 0 Å². The quantitative estimate of drug-likeness (QED) is 0.906. The maximum atomic E-state index is 11.7. The topological polar surface area (TPSA) is 45.2 Å². The van der Waals surface area contributed by atoms with Gasteiger partial charge in [-0.15, -0.1) is 11.3 Å². The number of rotatable bonds is 4. The molecule has 0 radical (unpaired) electrons. The van der Waals surface area contributed by atoms with Crippen LogP contribution in [0.2, 0.25) is 0 Å². The molecule has 2 heterocycles. The van der Waals surface area contributed by atoms with Crippen molar-refractivity contribution in [3.05, 3.63) is 16.6 Å². The van der Waals surface area contributed by atoms with Gasteiger partial charge in [0, 0.05) is 37.5 Å². The van der Waals surface area contributed by atoms with Gasteiger partial charge in [-0.1, -0.05) is 13.8 Å². The Bertz CT molecular complexity index is 380. The fraction of sp³-hybridized carbons (Fsp3) is 0.692.